The van der Waals surface area contributed by atoms with Gasteiger partial charge in [0.15, 0.2) is 0 Å². The average molecular weight is 372 g/mol. The van der Waals surface area contributed by atoms with Gasteiger partial charge >= 0.3 is 5.97 Å². The van der Waals surface area contributed by atoms with E-state index < -0.39 is 5.97 Å². The number of rotatable bonds is 7. The van der Waals surface area contributed by atoms with Crippen molar-refractivity contribution < 1.29 is 23.5 Å². The van der Waals surface area contributed by atoms with E-state index in [4.69, 9.17) is 18.7 Å². The van der Waals surface area contributed by atoms with Crippen LogP contribution in [0.1, 0.15) is 28.8 Å². The fourth-order valence-corrected chi connectivity index (χ4v) is 2.60. The number of anilines is 1. The van der Waals surface area contributed by atoms with Gasteiger partial charge in [-0.1, -0.05) is 5.16 Å². The Morgan fingerprint density at radius 2 is 2.04 bits per heavy atom. The van der Waals surface area contributed by atoms with Crippen molar-refractivity contribution in [1.82, 2.24) is 15.1 Å². The lowest BCUT2D eigenvalue weighted by molar-refractivity contribution is 0.0517. The van der Waals surface area contributed by atoms with Crippen LogP contribution in [-0.4, -0.2) is 41.9 Å². The van der Waals surface area contributed by atoms with E-state index in [1.807, 2.05) is 12.1 Å². The molecule has 0 bridgehead atoms. The van der Waals surface area contributed by atoms with Crippen LogP contribution in [0.25, 0.3) is 11.1 Å². The van der Waals surface area contributed by atoms with E-state index in [1.165, 1.54) is 0 Å². The number of hydrogen-bond donors (Lipinski definition) is 1. The molecule has 142 valence electrons. The molecule has 1 N–H and O–H groups in total. The fourth-order valence-electron chi connectivity index (χ4n) is 2.60. The monoisotopic (exact) mass is 372 g/mol. The first-order valence-corrected chi connectivity index (χ1v) is 8.33. The highest BCUT2D eigenvalue weighted by atomic mass is 16.5. The van der Waals surface area contributed by atoms with E-state index in [1.54, 1.807) is 34.1 Å². The Morgan fingerprint density at radius 1 is 1.22 bits per heavy atom. The van der Waals surface area contributed by atoms with Crippen molar-refractivity contribution in [3.63, 3.8) is 0 Å². The number of ether oxygens (including phenoxy) is 3. The van der Waals surface area contributed by atoms with E-state index in [-0.39, 0.29) is 18.0 Å². The van der Waals surface area contributed by atoms with E-state index in [0.29, 0.717) is 35.1 Å². The molecule has 0 amide bonds. The first-order chi connectivity index (χ1) is 13.1. The molecule has 9 heteroatoms. The Balaban J connectivity index is 1.95. The topological polar surface area (TPSA) is 109 Å². The zero-order valence-electron chi connectivity index (χ0n) is 15.5. The molecule has 0 aliphatic carbocycles. The van der Waals surface area contributed by atoms with Crippen molar-refractivity contribution in [2.45, 2.75) is 20.4 Å². The second kappa shape index (κ2) is 7.90. The maximum absolute atomic E-state index is 12.1. The Morgan fingerprint density at radius 3 is 2.74 bits per heavy atom. The molecular formula is C18H20N4O5. The number of hydrogen-bond acceptors (Lipinski definition) is 9. The van der Waals surface area contributed by atoms with Gasteiger partial charge in [-0.15, -0.1) is 0 Å². The number of fused-ring (bicyclic) bond motifs is 1. The molecule has 0 aliphatic rings. The summed E-state index contributed by atoms with van der Waals surface area (Å²) in [5, 5.41) is 7.38. The van der Waals surface area contributed by atoms with Crippen LogP contribution in [-0.2, 0) is 11.3 Å². The summed E-state index contributed by atoms with van der Waals surface area (Å²) in [4.78, 5) is 20.7. The number of carbonyl (C=O) groups excluding carboxylic acids is 1. The molecule has 0 fully saturated rings. The summed E-state index contributed by atoms with van der Waals surface area (Å²) < 4.78 is 20.8. The minimum atomic E-state index is -0.589. The zero-order chi connectivity index (χ0) is 19.4. The highest BCUT2D eigenvalue weighted by Gasteiger charge is 2.23. The molecule has 2 heterocycles. The summed E-state index contributed by atoms with van der Waals surface area (Å²) in [6.45, 7) is 4.07. The van der Waals surface area contributed by atoms with Gasteiger partial charge in [0.25, 0.3) is 5.71 Å². The quantitative estimate of drug-likeness (QED) is 0.626. The molecule has 0 saturated heterocycles. The van der Waals surface area contributed by atoms with E-state index >= 15 is 0 Å². The Hall–Kier alpha value is -3.36. The third-order valence-electron chi connectivity index (χ3n) is 3.86. The molecule has 0 saturated carbocycles. The van der Waals surface area contributed by atoms with E-state index in [2.05, 4.69) is 20.4 Å². The van der Waals surface area contributed by atoms with Gasteiger partial charge < -0.3 is 24.1 Å². The van der Waals surface area contributed by atoms with Crippen molar-refractivity contribution in [1.29, 1.82) is 0 Å². The lowest BCUT2D eigenvalue weighted by Crippen LogP contribution is -2.09. The SMILES string of the molecule is CCOC(=O)c1noc2nc(C)nc(NCc3ccc(OC)cc3OC)c12. The highest BCUT2D eigenvalue weighted by Crippen LogP contribution is 2.28. The van der Waals surface area contributed by atoms with Gasteiger partial charge in [0, 0.05) is 18.2 Å². The third-order valence-corrected chi connectivity index (χ3v) is 3.86. The lowest BCUT2D eigenvalue weighted by Gasteiger charge is -2.12. The number of esters is 1. The summed E-state index contributed by atoms with van der Waals surface area (Å²) in [6.07, 6.45) is 0. The van der Waals surface area contributed by atoms with Crippen molar-refractivity contribution in [2.75, 3.05) is 26.1 Å². The summed E-state index contributed by atoms with van der Waals surface area (Å²) in [5.74, 6) is 1.69. The van der Waals surface area contributed by atoms with Gasteiger partial charge in [-0.05, 0) is 26.0 Å². The van der Waals surface area contributed by atoms with E-state index in [0.717, 1.165) is 5.56 Å². The normalized spacial score (nSPS) is 10.7. The predicted octanol–water partition coefficient (Wildman–Crippen LogP) is 2.73. The second-order valence-electron chi connectivity index (χ2n) is 5.58. The molecule has 3 aromatic rings. The standard InChI is InChI=1S/C18H20N4O5/c1-5-26-18(23)15-14-16(20-10(2)21-17(14)27-22-15)19-9-11-6-7-12(24-3)8-13(11)25-4/h6-8H,5,9H2,1-4H3,(H,19,20,21). The van der Waals surface area contributed by atoms with Crippen molar-refractivity contribution in [2.24, 2.45) is 0 Å². The molecule has 1 aromatic carbocycles. The number of aryl methyl sites for hydroxylation is 1. The number of carbonyl (C=O) groups is 1. The molecule has 0 spiro atoms. The van der Waals surface area contributed by atoms with Crippen LogP contribution in [0.5, 0.6) is 11.5 Å². The zero-order valence-corrected chi connectivity index (χ0v) is 15.5. The maximum Gasteiger partial charge on any atom is 0.361 e. The van der Waals surface area contributed by atoms with Crippen LogP contribution in [0, 0.1) is 6.92 Å². The number of nitrogens with one attached hydrogen (secondary N) is 1. The molecule has 27 heavy (non-hydrogen) atoms. The summed E-state index contributed by atoms with van der Waals surface area (Å²) >= 11 is 0. The third kappa shape index (κ3) is 3.76. The van der Waals surface area contributed by atoms with Gasteiger partial charge in [-0.3, -0.25) is 0 Å². The Labute approximate surface area is 155 Å². The molecule has 3 rings (SSSR count). The second-order valence-corrected chi connectivity index (χ2v) is 5.58. The number of nitrogens with zero attached hydrogens (tertiary/aromatic N) is 3. The number of benzene rings is 1. The minimum Gasteiger partial charge on any atom is -0.497 e. The van der Waals surface area contributed by atoms with Crippen LogP contribution in [0.15, 0.2) is 22.7 Å². The molecule has 0 aliphatic heterocycles. The van der Waals surface area contributed by atoms with Crippen LogP contribution in [0.2, 0.25) is 0 Å². The van der Waals surface area contributed by atoms with Crippen LogP contribution in [0.4, 0.5) is 5.82 Å². The summed E-state index contributed by atoms with van der Waals surface area (Å²) in [7, 11) is 3.18. The van der Waals surface area contributed by atoms with Gasteiger partial charge in [-0.2, -0.15) is 4.98 Å². The molecular weight excluding hydrogens is 352 g/mol. The largest absolute Gasteiger partial charge is 0.497 e. The Kier molecular flexibility index (Phi) is 5.39. The van der Waals surface area contributed by atoms with E-state index in [9.17, 15) is 4.79 Å². The fraction of sp³-hybridized carbons (Fsp3) is 0.333. The number of methoxy groups -OCH3 is 2. The van der Waals surface area contributed by atoms with Crippen molar-refractivity contribution in [3.8, 4) is 11.5 Å². The van der Waals surface area contributed by atoms with Gasteiger partial charge in [-0.25, -0.2) is 9.78 Å². The van der Waals surface area contributed by atoms with Gasteiger partial charge in [0.2, 0.25) is 5.69 Å². The first-order valence-electron chi connectivity index (χ1n) is 8.33. The summed E-state index contributed by atoms with van der Waals surface area (Å²) in [6, 6.07) is 5.51. The maximum atomic E-state index is 12.1. The minimum absolute atomic E-state index is 0.0380. The molecule has 0 unspecified atom stereocenters. The van der Waals surface area contributed by atoms with Crippen molar-refractivity contribution in [3.05, 3.63) is 35.3 Å². The number of aromatic nitrogens is 3. The molecule has 9 nitrogen and oxygen atoms in total. The van der Waals surface area contributed by atoms with Gasteiger partial charge in [0.1, 0.15) is 28.5 Å². The van der Waals surface area contributed by atoms with Crippen LogP contribution >= 0.6 is 0 Å². The van der Waals surface area contributed by atoms with Crippen molar-refractivity contribution >= 4 is 22.9 Å². The predicted molar refractivity (Wildman–Crippen MR) is 97.2 cm³/mol. The average Bonchev–Trinajstić information content (AvgIpc) is 3.10. The molecule has 0 radical (unpaired) electrons. The van der Waals surface area contributed by atoms with Crippen LogP contribution < -0.4 is 14.8 Å². The van der Waals surface area contributed by atoms with Gasteiger partial charge in [0.05, 0.1) is 20.8 Å². The lowest BCUT2D eigenvalue weighted by atomic mass is 10.2. The smallest absolute Gasteiger partial charge is 0.361 e. The summed E-state index contributed by atoms with van der Waals surface area (Å²) in [5.41, 5.74) is 1.14. The first kappa shape index (κ1) is 18.4. The molecule has 0 atom stereocenters. The molecule has 2 aromatic heterocycles. The van der Waals surface area contributed by atoms with Crippen LogP contribution in [0.3, 0.4) is 0 Å². The highest BCUT2D eigenvalue weighted by molar-refractivity contribution is 6.04. The Bertz CT molecular complexity index is 970.